The van der Waals surface area contributed by atoms with Crippen molar-refractivity contribution in [3.8, 4) is 0 Å². The number of β-amino-alcohol motifs (C(OH)–C–C–N with tert-alkyl or cyclic N) is 1. The lowest BCUT2D eigenvalue weighted by molar-refractivity contribution is -0.141. The number of aliphatic hydroxyl groups is 1. The Balaban J connectivity index is 2.02. The lowest BCUT2D eigenvalue weighted by Crippen LogP contribution is -2.42. The number of rotatable bonds is 2. The number of hydrogen-bond acceptors (Lipinski definition) is 6. The maximum atomic E-state index is 12.4. The van der Waals surface area contributed by atoms with Gasteiger partial charge in [-0.3, -0.25) is 14.0 Å². The Labute approximate surface area is 121 Å². The average Bonchev–Trinajstić information content (AvgIpc) is 3.05. The van der Waals surface area contributed by atoms with Crippen LogP contribution in [0.25, 0.3) is 4.96 Å². The third-order valence-electron chi connectivity index (χ3n) is 3.40. The third-order valence-corrected chi connectivity index (χ3v) is 4.17. The molecule has 0 bridgehead atoms. The second-order valence-electron chi connectivity index (χ2n) is 4.73. The van der Waals surface area contributed by atoms with Crippen LogP contribution in [0.1, 0.15) is 16.8 Å². The number of nitrogens with zero attached hydrogens (tertiary/aromatic N) is 3. The largest absolute Gasteiger partial charge is 0.480 e. The fourth-order valence-corrected chi connectivity index (χ4v) is 3.07. The van der Waals surface area contributed by atoms with E-state index in [1.807, 2.05) is 0 Å². The highest BCUT2D eigenvalue weighted by atomic mass is 32.1. The van der Waals surface area contributed by atoms with Crippen LogP contribution in [0.2, 0.25) is 0 Å². The van der Waals surface area contributed by atoms with E-state index < -0.39 is 29.6 Å². The van der Waals surface area contributed by atoms with Crippen molar-refractivity contribution in [2.24, 2.45) is 0 Å². The second kappa shape index (κ2) is 4.93. The molecule has 0 spiro atoms. The lowest BCUT2D eigenvalue weighted by Gasteiger charge is -2.20. The van der Waals surface area contributed by atoms with E-state index in [-0.39, 0.29) is 18.5 Å². The van der Waals surface area contributed by atoms with Gasteiger partial charge < -0.3 is 15.1 Å². The molecule has 8 nitrogen and oxygen atoms in total. The minimum atomic E-state index is -1.20. The molecule has 0 aliphatic carbocycles. The van der Waals surface area contributed by atoms with Crippen LogP contribution < -0.4 is 5.56 Å². The van der Waals surface area contributed by atoms with Gasteiger partial charge in [-0.2, -0.15) is 0 Å². The summed E-state index contributed by atoms with van der Waals surface area (Å²) in [6, 6.07) is -1.13. The first kappa shape index (κ1) is 13.7. The summed E-state index contributed by atoms with van der Waals surface area (Å²) in [6.45, 7) is -0.110. The standard InChI is InChI=1S/C12H11N3O5S/c16-6-3-8(11(19)20)15(5-6)10(18)7-4-13-12-14(9(7)17)1-2-21-12/h1-2,4,6,8,16H,3,5H2,(H,19,20)/t6-,8-/m1/s1. The molecule has 1 saturated heterocycles. The molecule has 0 aromatic carbocycles. The smallest absolute Gasteiger partial charge is 0.326 e. The van der Waals surface area contributed by atoms with Crippen LogP contribution in [0.3, 0.4) is 0 Å². The van der Waals surface area contributed by atoms with Crippen molar-refractivity contribution in [2.45, 2.75) is 18.6 Å². The highest BCUT2D eigenvalue weighted by Crippen LogP contribution is 2.20. The molecule has 1 aliphatic rings. The molecule has 2 atom stereocenters. The number of carboxylic acids is 1. The van der Waals surface area contributed by atoms with Gasteiger partial charge >= 0.3 is 5.97 Å². The van der Waals surface area contributed by atoms with Crippen LogP contribution in [0.15, 0.2) is 22.6 Å². The first-order valence-corrected chi connectivity index (χ1v) is 7.03. The molecule has 1 aliphatic heterocycles. The second-order valence-corrected chi connectivity index (χ2v) is 5.61. The van der Waals surface area contributed by atoms with E-state index in [2.05, 4.69) is 4.98 Å². The van der Waals surface area contributed by atoms with Crippen molar-refractivity contribution in [1.82, 2.24) is 14.3 Å². The van der Waals surface area contributed by atoms with E-state index >= 15 is 0 Å². The summed E-state index contributed by atoms with van der Waals surface area (Å²) in [5.41, 5.74) is -0.747. The molecule has 2 N–H and O–H groups in total. The number of hydrogen-bond donors (Lipinski definition) is 2. The van der Waals surface area contributed by atoms with Gasteiger partial charge in [0.05, 0.1) is 6.10 Å². The van der Waals surface area contributed by atoms with E-state index in [1.54, 1.807) is 5.38 Å². The molecule has 3 heterocycles. The Kier molecular flexibility index (Phi) is 3.22. The van der Waals surface area contributed by atoms with E-state index in [9.17, 15) is 19.5 Å². The van der Waals surface area contributed by atoms with Gasteiger partial charge in [0.25, 0.3) is 11.5 Å². The molecular formula is C12H11N3O5S. The van der Waals surface area contributed by atoms with Crippen molar-refractivity contribution in [3.63, 3.8) is 0 Å². The zero-order valence-corrected chi connectivity index (χ0v) is 11.5. The maximum absolute atomic E-state index is 12.4. The fourth-order valence-electron chi connectivity index (χ4n) is 2.40. The highest BCUT2D eigenvalue weighted by Gasteiger charge is 2.40. The fraction of sp³-hybridized carbons (Fsp3) is 0.333. The zero-order valence-electron chi connectivity index (χ0n) is 10.7. The van der Waals surface area contributed by atoms with Gasteiger partial charge in [0.1, 0.15) is 11.6 Å². The number of fused-ring (bicyclic) bond motifs is 1. The number of amides is 1. The van der Waals surface area contributed by atoms with Gasteiger partial charge in [-0.1, -0.05) is 0 Å². The summed E-state index contributed by atoms with van der Waals surface area (Å²) < 4.78 is 1.24. The van der Waals surface area contributed by atoms with Gasteiger partial charge in [-0.25, -0.2) is 9.78 Å². The summed E-state index contributed by atoms with van der Waals surface area (Å²) in [5.74, 6) is -1.93. The predicted molar refractivity (Wildman–Crippen MR) is 72.4 cm³/mol. The molecule has 0 unspecified atom stereocenters. The van der Waals surface area contributed by atoms with Gasteiger partial charge in [0.2, 0.25) is 0 Å². The minimum Gasteiger partial charge on any atom is -0.480 e. The molecule has 1 fully saturated rings. The van der Waals surface area contributed by atoms with Crippen molar-refractivity contribution in [2.75, 3.05) is 6.54 Å². The number of aliphatic hydroxyl groups excluding tert-OH is 1. The Hall–Kier alpha value is -2.26. The molecule has 3 rings (SSSR count). The van der Waals surface area contributed by atoms with Gasteiger partial charge in [-0.15, -0.1) is 11.3 Å². The van der Waals surface area contributed by atoms with Crippen molar-refractivity contribution in [1.29, 1.82) is 0 Å². The number of thiazole rings is 1. The van der Waals surface area contributed by atoms with E-state index in [4.69, 9.17) is 5.11 Å². The van der Waals surface area contributed by atoms with Crippen LogP contribution >= 0.6 is 11.3 Å². The number of aromatic nitrogens is 2. The first-order valence-electron chi connectivity index (χ1n) is 6.15. The predicted octanol–water partition coefficient (Wildman–Crippen LogP) is -0.584. The number of aliphatic carboxylic acids is 1. The first-order chi connectivity index (χ1) is 9.99. The van der Waals surface area contributed by atoms with Crippen LogP contribution in [0.4, 0.5) is 0 Å². The molecular weight excluding hydrogens is 298 g/mol. The molecule has 0 radical (unpaired) electrons. The number of carboxylic acid groups (broad SMARTS) is 1. The summed E-state index contributed by atoms with van der Waals surface area (Å²) in [5, 5.41) is 20.3. The minimum absolute atomic E-state index is 0.0451. The molecule has 2 aromatic rings. The number of carbonyl (C=O) groups excluding carboxylic acids is 1. The van der Waals surface area contributed by atoms with Crippen molar-refractivity contribution in [3.05, 3.63) is 33.7 Å². The van der Waals surface area contributed by atoms with Gasteiger partial charge in [0, 0.05) is 30.7 Å². The lowest BCUT2D eigenvalue weighted by atomic mass is 10.2. The molecule has 110 valence electrons. The Morgan fingerprint density at radius 3 is 2.90 bits per heavy atom. The summed E-state index contributed by atoms with van der Waals surface area (Å²) >= 11 is 1.25. The normalized spacial score (nSPS) is 21.9. The van der Waals surface area contributed by atoms with E-state index in [0.717, 1.165) is 11.1 Å². The van der Waals surface area contributed by atoms with Crippen LogP contribution in [-0.4, -0.2) is 55.1 Å². The highest BCUT2D eigenvalue weighted by molar-refractivity contribution is 7.15. The Morgan fingerprint density at radius 1 is 1.43 bits per heavy atom. The van der Waals surface area contributed by atoms with Crippen LogP contribution in [0, 0.1) is 0 Å². The third kappa shape index (κ3) is 2.20. The van der Waals surface area contributed by atoms with Crippen molar-refractivity contribution < 1.29 is 19.8 Å². The monoisotopic (exact) mass is 309 g/mol. The van der Waals surface area contributed by atoms with E-state index in [0.29, 0.717) is 4.96 Å². The molecule has 9 heteroatoms. The number of likely N-dealkylation sites (tertiary alicyclic amines) is 1. The topological polar surface area (TPSA) is 112 Å². The molecule has 1 amide bonds. The molecule has 0 saturated carbocycles. The van der Waals surface area contributed by atoms with E-state index in [1.165, 1.54) is 21.9 Å². The number of carbonyl (C=O) groups is 2. The van der Waals surface area contributed by atoms with Crippen LogP contribution in [0.5, 0.6) is 0 Å². The molecule has 21 heavy (non-hydrogen) atoms. The Morgan fingerprint density at radius 2 is 2.19 bits per heavy atom. The Bertz CT molecular complexity index is 783. The quantitative estimate of drug-likeness (QED) is 0.767. The van der Waals surface area contributed by atoms with Crippen LogP contribution in [-0.2, 0) is 4.79 Å². The van der Waals surface area contributed by atoms with Gasteiger partial charge in [-0.05, 0) is 0 Å². The summed E-state index contributed by atoms with van der Waals surface area (Å²) in [6.07, 6.45) is 1.70. The SMILES string of the molecule is O=C(O)[C@H]1C[C@@H](O)CN1C(=O)c1cnc2sccn2c1=O. The summed E-state index contributed by atoms with van der Waals surface area (Å²) in [7, 11) is 0. The zero-order chi connectivity index (χ0) is 15.1. The average molecular weight is 309 g/mol. The van der Waals surface area contributed by atoms with Gasteiger partial charge in [0.15, 0.2) is 4.96 Å². The molecule has 2 aromatic heterocycles. The summed E-state index contributed by atoms with van der Waals surface area (Å²) in [4.78, 5) is 41.2. The maximum Gasteiger partial charge on any atom is 0.326 e. The van der Waals surface area contributed by atoms with Crippen molar-refractivity contribution >= 4 is 28.2 Å².